The Balaban J connectivity index is 1.50. The Labute approximate surface area is 158 Å². The van der Waals surface area contributed by atoms with E-state index in [1.807, 2.05) is 42.5 Å². The second-order valence-electron chi connectivity index (χ2n) is 5.83. The van der Waals surface area contributed by atoms with E-state index in [2.05, 4.69) is 16.6 Å². The van der Waals surface area contributed by atoms with Gasteiger partial charge in [0.1, 0.15) is 18.2 Å². The topological polar surface area (TPSA) is 55.4 Å². The Bertz CT molecular complexity index is 1100. The highest BCUT2D eigenvalue weighted by Gasteiger charge is 2.10. The van der Waals surface area contributed by atoms with E-state index in [0.717, 1.165) is 16.5 Å². The van der Waals surface area contributed by atoms with Crippen LogP contribution in [0.4, 0.5) is 4.39 Å². The van der Waals surface area contributed by atoms with Crippen LogP contribution in [0.3, 0.4) is 0 Å². The van der Waals surface area contributed by atoms with Crippen LogP contribution in [-0.2, 0) is 15.8 Å². The van der Waals surface area contributed by atoms with Gasteiger partial charge in [0, 0.05) is 5.39 Å². The molecule has 0 aromatic heterocycles. The Hall–Kier alpha value is -2.88. The van der Waals surface area contributed by atoms with Crippen LogP contribution in [0.25, 0.3) is 10.8 Å². The lowest BCUT2D eigenvalue weighted by Crippen LogP contribution is -2.25. The molecule has 0 aliphatic heterocycles. The molecule has 4 nitrogen and oxygen atoms in total. The predicted molar refractivity (Wildman–Crippen MR) is 104 cm³/mol. The predicted octanol–water partition coefficient (Wildman–Crippen LogP) is 3.48. The van der Waals surface area contributed by atoms with Crippen LogP contribution in [0.1, 0.15) is 5.56 Å². The number of nitrogens with one attached hydrogen (secondary N) is 1. The molecule has 0 radical (unpaired) electrons. The summed E-state index contributed by atoms with van der Waals surface area (Å²) < 4.78 is 45.1. The molecule has 0 fully saturated rings. The van der Waals surface area contributed by atoms with Crippen molar-refractivity contribution < 1.29 is 17.5 Å². The molecule has 0 saturated heterocycles. The fourth-order valence-electron chi connectivity index (χ4n) is 2.59. The molecule has 3 aromatic rings. The van der Waals surface area contributed by atoms with Crippen LogP contribution in [0, 0.1) is 17.7 Å². The normalized spacial score (nSPS) is 11.0. The van der Waals surface area contributed by atoms with Gasteiger partial charge < -0.3 is 4.74 Å². The minimum absolute atomic E-state index is 0.0312. The first-order valence-corrected chi connectivity index (χ1v) is 9.97. The van der Waals surface area contributed by atoms with Crippen molar-refractivity contribution >= 4 is 20.8 Å². The summed E-state index contributed by atoms with van der Waals surface area (Å²) in [5.41, 5.74) is 0.384. The van der Waals surface area contributed by atoms with Crippen LogP contribution in [0.2, 0.25) is 0 Å². The smallest absolute Gasteiger partial charge is 0.216 e. The van der Waals surface area contributed by atoms with Gasteiger partial charge >= 0.3 is 0 Å². The van der Waals surface area contributed by atoms with E-state index in [9.17, 15) is 12.8 Å². The van der Waals surface area contributed by atoms with Crippen molar-refractivity contribution in [2.45, 2.75) is 5.75 Å². The largest absolute Gasteiger partial charge is 0.480 e. The zero-order valence-electron chi connectivity index (χ0n) is 14.5. The van der Waals surface area contributed by atoms with E-state index in [1.165, 1.54) is 18.2 Å². The van der Waals surface area contributed by atoms with Crippen molar-refractivity contribution in [1.82, 2.24) is 4.72 Å². The number of sulfonamides is 1. The average Bonchev–Trinajstić information content (AvgIpc) is 2.64. The monoisotopic (exact) mass is 383 g/mol. The maximum atomic E-state index is 13.1. The van der Waals surface area contributed by atoms with Crippen molar-refractivity contribution in [2.75, 3.05) is 13.2 Å². The average molecular weight is 383 g/mol. The summed E-state index contributed by atoms with van der Waals surface area (Å²) in [5, 5.41) is 2.07. The molecule has 3 rings (SSSR count). The van der Waals surface area contributed by atoms with Crippen LogP contribution in [-0.4, -0.2) is 21.6 Å². The first-order chi connectivity index (χ1) is 13.0. The van der Waals surface area contributed by atoms with E-state index < -0.39 is 15.8 Å². The number of benzene rings is 3. The summed E-state index contributed by atoms with van der Waals surface area (Å²) >= 11 is 0. The molecular formula is C21H18FNO3S. The lowest BCUT2D eigenvalue weighted by molar-refractivity contribution is 0.374. The first-order valence-electron chi connectivity index (χ1n) is 8.31. The van der Waals surface area contributed by atoms with Gasteiger partial charge in [-0.05, 0) is 29.1 Å². The molecule has 0 aliphatic rings. The fourth-order valence-corrected chi connectivity index (χ4v) is 3.60. The van der Waals surface area contributed by atoms with Gasteiger partial charge in [0.25, 0.3) is 0 Å². The van der Waals surface area contributed by atoms with E-state index in [1.54, 1.807) is 6.07 Å². The Morgan fingerprint density at radius 1 is 0.963 bits per heavy atom. The fraction of sp³-hybridized carbons (Fsp3) is 0.143. The third-order valence-electron chi connectivity index (χ3n) is 3.80. The minimum Gasteiger partial charge on any atom is -0.480 e. The van der Waals surface area contributed by atoms with Gasteiger partial charge in [0.2, 0.25) is 10.0 Å². The van der Waals surface area contributed by atoms with Gasteiger partial charge in [-0.1, -0.05) is 60.4 Å². The summed E-state index contributed by atoms with van der Waals surface area (Å²) in [6.07, 6.45) is 0. The third kappa shape index (κ3) is 5.55. The molecule has 27 heavy (non-hydrogen) atoms. The molecule has 0 saturated carbocycles. The molecule has 0 atom stereocenters. The van der Waals surface area contributed by atoms with E-state index in [4.69, 9.17) is 4.74 Å². The van der Waals surface area contributed by atoms with Gasteiger partial charge in [-0.15, -0.1) is 0 Å². The molecule has 3 aromatic carbocycles. The van der Waals surface area contributed by atoms with Crippen molar-refractivity contribution in [2.24, 2.45) is 0 Å². The van der Waals surface area contributed by atoms with E-state index in [-0.39, 0.29) is 18.9 Å². The van der Waals surface area contributed by atoms with E-state index in [0.29, 0.717) is 5.56 Å². The van der Waals surface area contributed by atoms with Crippen LogP contribution in [0.15, 0.2) is 66.7 Å². The summed E-state index contributed by atoms with van der Waals surface area (Å²) in [6, 6.07) is 19.2. The van der Waals surface area contributed by atoms with Crippen LogP contribution >= 0.6 is 0 Å². The summed E-state index contributed by atoms with van der Waals surface area (Å²) in [4.78, 5) is 0. The molecule has 1 N–H and O–H groups in total. The maximum absolute atomic E-state index is 13.1. The van der Waals surface area contributed by atoms with Gasteiger partial charge in [-0.2, -0.15) is 0 Å². The zero-order chi connectivity index (χ0) is 19.1. The molecule has 0 amide bonds. The Morgan fingerprint density at radius 2 is 1.74 bits per heavy atom. The van der Waals surface area contributed by atoms with Crippen molar-refractivity contribution in [1.29, 1.82) is 0 Å². The summed E-state index contributed by atoms with van der Waals surface area (Å²) in [7, 11) is -3.58. The molecule has 0 bridgehead atoms. The van der Waals surface area contributed by atoms with Crippen molar-refractivity contribution in [3.8, 4) is 17.6 Å². The van der Waals surface area contributed by atoms with Gasteiger partial charge in [-0.3, -0.25) is 0 Å². The number of fused-ring (bicyclic) bond motifs is 1. The SMILES string of the molecule is O=S(=O)(Cc1cccc(F)c1)NCC#CCOc1cccc2ccccc12. The molecular weight excluding hydrogens is 365 g/mol. The molecule has 0 unspecified atom stereocenters. The number of rotatable bonds is 6. The van der Waals surface area contributed by atoms with Crippen molar-refractivity contribution in [3.63, 3.8) is 0 Å². The highest BCUT2D eigenvalue weighted by molar-refractivity contribution is 7.88. The Kier molecular flexibility index (Phi) is 6.07. The second kappa shape index (κ2) is 8.67. The van der Waals surface area contributed by atoms with Crippen molar-refractivity contribution in [3.05, 3.63) is 78.1 Å². The number of halogens is 1. The van der Waals surface area contributed by atoms with Crippen LogP contribution < -0.4 is 9.46 Å². The molecule has 0 heterocycles. The molecule has 0 aliphatic carbocycles. The lowest BCUT2D eigenvalue weighted by Gasteiger charge is -2.06. The quantitative estimate of drug-likeness (QED) is 0.663. The maximum Gasteiger partial charge on any atom is 0.216 e. The zero-order valence-corrected chi connectivity index (χ0v) is 15.3. The summed E-state index contributed by atoms with van der Waals surface area (Å²) in [6.45, 7) is 0.121. The Morgan fingerprint density at radius 3 is 2.59 bits per heavy atom. The van der Waals surface area contributed by atoms with Crippen LogP contribution in [0.5, 0.6) is 5.75 Å². The molecule has 0 spiro atoms. The van der Waals surface area contributed by atoms with Gasteiger partial charge in [0.05, 0.1) is 12.3 Å². The third-order valence-corrected chi connectivity index (χ3v) is 5.10. The number of ether oxygens (including phenoxy) is 1. The molecule has 6 heteroatoms. The standard InChI is InChI=1S/C21H18FNO3S/c22-19-10-5-7-17(15-19)16-27(24,25)23-13-3-4-14-26-21-12-6-9-18-8-1-2-11-20(18)21/h1-2,5-12,15,23H,13-14,16H2. The minimum atomic E-state index is -3.58. The second-order valence-corrected chi connectivity index (χ2v) is 7.64. The summed E-state index contributed by atoms with van der Waals surface area (Å²) in [5.74, 6) is 5.48. The van der Waals surface area contributed by atoms with E-state index >= 15 is 0 Å². The number of hydrogen-bond acceptors (Lipinski definition) is 3. The highest BCUT2D eigenvalue weighted by Crippen LogP contribution is 2.24. The lowest BCUT2D eigenvalue weighted by atomic mass is 10.1. The number of hydrogen-bond donors (Lipinski definition) is 1. The highest BCUT2D eigenvalue weighted by atomic mass is 32.2. The molecule has 138 valence electrons. The van der Waals surface area contributed by atoms with Gasteiger partial charge in [-0.25, -0.2) is 17.5 Å². The first kappa shape index (κ1) is 18.9. The van der Waals surface area contributed by atoms with Gasteiger partial charge in [0.15, 0.2) is 0 Å².